The van der Waals surface area contributed by atoms with Gasteiger partial charge >= 0.3 is 0 Å². The molecule has 0 bridgehead atoms. The van der Waals surface area contributed by atoms with Crippen molar-refractivity contribution in [2.45, 2.75) is 52.4 Å². The van der Waals surface area contributed by atoms with E-state index in [0.717, 1.165) is 11.8 Å². The van der Waals surface area contributed by atoms with E-state index in [-0.39, 0.29) is 0 Å². The average molecular weight is 315 g/mol. The lowest BCUT2D eigenvalue weighted by Gasteiger charge is -2.37. The summed E-state index contributed by atoms with van der Waals surface area (Å²) >= 11 is 0. The molecule has 1 aromatic carbocycles. The van der Waals surface area contributed by atoms with Crippen molar-refractivity contribution < 1.29 is 0 Å². The molecule has 128 valence electrons. The van der Waals surface area contributed by atoms with Crippen molar-refractivity contribution in [1.29, 1.82) is 0 Å². The van der Waals surface area contributed by atoms with E-state index in [0.29, 0.717) is 5.92 Å². The van der Waals surface area contributed by atoms with Gasteiger partial charge in [0, 0.05) is 38.4 Å². The summed E-state index contributed by atoms with van der Waals surface area (Å²) in [6.45, 7) is 13.1. The molecule has 2 aliphatic rings. The molecule has 0 spiro atoms. The molecule has 2 fully saturated rings. The Bertz CT molecular complexity index is 471. The molecular formula is C21H34N2. The SMILES string of the molecule is CCC1CCC(CN2CCN(c3ccc(C(C)C)cc3)CC2)C1. The van der Waals surface area contributed by atoms with E-state index in [4.69, 9.17) is 0 Å². The maximum Gasteiger partial charge on any atom is 0.0367 e. The number of hydrogen-bond acceptors (Lipinski definition) is 2. The molecular weight excluding hydrogens is 280 g/mol. The van der Waals surface area contributed by atoms with E-state index < -0.39 is 0 Å². The zero-order valence-electron chi connectivity index (χ0n) is 15.3. The second-order valence-corrected chi connectivity index (χ2v) is 7.99. The maximum atomic E-state index is 2.71. The van der Waals surface area contributed by atoms with Crippen LogP contribution < -0.4 is 4.90 Å². The van der Waals surface area contributed by atoms with Crippen LogP contribution in [0.2, 0.25) is 0 Å². The zero-order chi connectivity index (χ0) is 16.2. The second kappa shape index (κ2) is 7.70. The summed E-state index contributed by atoms with van der Waals surface area (Å²) in [6.07, 6.45) is 5.81. The van der Waals surface area contributed by atoms with Crippen molar-refractivity contribution in [3.05, 3.63) is 29.8 Å². The Morgan fingerprint density at radius 2 is 1.61 bits per heavy atom. The predicted octanol–water partition coefficient (Wildman–Crippen LogP) is 4.76. The fraction of sp³-hybridized carbons (Fsp3) is 0.714. The van der Waals surface area contributed by atoms with Gasteiger partial charge in [0.15, 0.2) is 0 Å². The molecule has 1 aromatic rings. The lowest BCUT2D eigenvalue weighted by Crippen LogP contribution is -2.47. The monoisotopic (exact) mass is 314 g/mol. The van der Waals surface area contributed by atoms with Gasteiger partial charge in [0.05, 0.1) is 0 Å². The molecule has 1 aliphatic carbocycles. The maximum absolute atomic E-state index is 2.71. The van der Waals surface area contributed by atoms with Crippen LogP contribution in [-0.4, -0.2) is 37.6 Å². The molecule has 2 atom stereocenters. The van der Waals surface area contributed by atoms with Crippen molar-refractivity contribution in [3.8, 4) is 0 Å². The van der Waals surface area contributed by atoms with E-state index in [1.807, 2.05) is 0 Å². The fourth-order valence-corrected chi connectivity index (χ4v) is 4.34. The number of benzene rings is 1. The topological polar surface area (TPSA) is 6.48 Å². The van der Waals surface area contributed by atoms with Crippen LogP contribution in [0.15, 0.2) is 24.3 Å². The van der Waals surface area contributed by atoms with Gasteiger partial charge in [-0.25, -0.2) is 0 Å². The van der Waals surface area contributed by atoms with E-state index in [2.05, 4.69) is 54.8 Å². The summed E-state index contributed by atoms with van der Waals surface area (Å²) in [7, 11) is 0. The second-order valence-electron chi connectivity index (χ2n) is 7.99. The Kier molecular flexibility index (Phi) is 5.63. The first-order chi connectivity index (χ1) is 11.2. The third-order valence-corrected chi connectivity index (χ3v) is 6.04. The van der Waals surface area contributed by atoms with Gasteiger partial charge in [0.1, 0.15) is 0 Å². The molecule has 2 nitrogen and oxygen atoms in total. The smallest absolute Gasteiger partial charge is 0.0367 e. The van der Waals surface area contributed by atoms with Gasteiger partial charge in [-0.15, -0.1) is 0 Å². The van der Waals surface area contributed by atoms with Crippen LogP contribution in [0.4, 0.5) is 5.69 Å². The third kappa shape index (κ3) is 4.29. The lowest BCUT2D eigenvalue weighted by atomic mass is 10.0. The van der Waals surface area contributed by atoms with Gasteiger partial charge in [-0.2, -0.15) is 0 Å². The van der Waals surface area contributed by atoms with Crippen molar-refractivity contribution in [2.75, 3.05) is 37.6 Å². The van der Waals surface area contributed by atoms with Crippen LogP contribution in [0.1, 0.15) is 57.9 Å². The highest BCUT2D eigenvalue weighted by Gasteiger charge is 2.26. The number of rotatable bonds is 5. The number of nitrogens with zero attached hydrogens (tertiary/aromatic N) is 2. The highest BCUT2D eigenvalue weighted by molar-refractivity contribution is 5.48. The lowest BCUT2D eigenvalue weighted by molar-refractivity contribution is 0.217. The van der Waals surface area contributed by atoms with Gasteiger partial charge in [-0.3, -0.25) is 4.90 Å². The molecule has 1 saturated heterocycles. The molecule has 0 aromatic heterocycles. The molecule has 2 heteroatoms. The van der Waals surface area contributed by atoms with Gasteiger partial charge in [-0.05, 0) is 48.3 Å². The predicted molar refractivity (Wildman–Crippen MR) is 100 cm³/mol. The average Bonchev–Trinajstić information content (AvgIpc) is 3.03. The first-order valence-corrected chi connectivity index (χ1v) is 9.73. The number of anilines is 1. The summed E-state index contributed by atoms with van der Waals surface area (Å²) in [5.74, 6) is 2.61. The normalized spacial score (nSPS) is 26.2. The van der Waals surface area contributed by atoms with Crippen molar-refractivity contribution >= 4 is 5.69 Å². The molecule has 0 radical (unpaired) electrons. The van der Waals surface area contributed by atoms with Gasteiger partial charge in [0.2, 0.25) is 0 Å². The molecule has 3 rings (SSSR count). The van der Waals surface area contributed by atoms with Crippen LogP contribution in [0.3, 0.4) is 0 Å². The van der Waals surface area contributed by atoms with E-state index in [1.54, 1.807) is 0 Å². The Hall–Kier alpha value is -1.02. The van der Waals surface area contributed by atoms with Crippen LogP contribution in [0, 0.1) is 11.8 Å². The molecule has 1 saturated carbocycles. The summed E-state index contributed by atoms with van der Waals surface area (Å²) in [4.78, 5) is 5.27. The van der Waals surface area contributed by atoms with Gasteiger partial charge in [-0.1, -0.05) is 45.7 Å². The standard InChI is InChI=1S/C21H34N2/c1-4-18-5-6-19(15-18)16-22-11-13-23(14-12-22)21-9-7-20(8-10-21)17(2)3/h7-10,17-19H,4-6,11-16H2,1-3H3. The third-order valence-electron chi connectivity index (χ3n) is 6.04. The van der Waals surface area contributed by atoms with Crippen molar-refractivity contribution in [1.82, 2.24) is 4.90 Å². The first-order valence-electron chi connectivity index (χ1n) is 9.73. The summed E-state index contributed by atoms with van der Waals surface area (Å²) in [5.41, 5.74) is 2.85. The minimum atomic E-state index is 0.624. The molecule has 1 aliphatic heterocycles. The molecule has 23 heavy (non-hydrogen) atoms. The minimum Gasteiger partial charge on any atom is -0.369 e. The summed E-state index contributed by atoms with van der Waals surface area (Å²) in [5, 5.41) is 0. The van der Waals surface area contributed by atoms with Crippen LogP contribution in [-0.2, 0) is 0 Å². The fourth-order valence-electron chi connectivity index (χ4n) is 4.34. The van der Waals surface area contributed by atoms with Gasteiger partial charge in [0.25, 0.3) is 0 Å². The Morgan fingerprint density at radius 3 is 2.17 bits per heavy atom. The Morgan fingerprint density at radius 1 is 0.957 bits per heavy atom. The molecule has 0 N–H and O–H groups in total. The quantitative estimate of drug-likeness (QED) is 0.773. The Balaban J connectivity index is 1.46. The minimum absolute atomic E-state index is 0.624. The van der Waals surface area contributed by atoms with E-state index in [1.165, 1.54) is 69.7 Å². The van der Waals surface area contributed by atoms with Crippen LogP contribution >= 0.6 is 0 Å². The molecule has 1 heterocycles. The van der Waals surface area contributed by atoms with E-state index >= 15 is 0 Å². The number of piperazine rings is 1. The first kappa shape index (κ1) is 16.8. The highest BCUT2D eigenvalue weighted by atomic mass is 15.3. The summed E-state index contributed by atoms with van der Waals surface area (Å²) < 4.78 is 0. The van der Waals surface area contributed by atoms with Crippen LogP contribution in [0.25, 0.3) is 0 Å². The largest absolute Gasteiger partial charge is 0.369 e. The zero-order valence-corrected chi connectivity index (χ0v) is 15.3. The van der Waals surface area contributed by atoms with E-state index in [9.17, 15) is 0 Å². The van der Waals surface area contributed by atoms with Gasteiger partial charge < -0.3 is 4.90 Å². The molecule has 0 amide bonds. The van der Waals surface area contributed by atoms with Crippen LogP contribution in [0.5, 0.6) is 0 Å². The van der Waals surface area contributed by atoms with Crippen molar-refractivity contribution in [2.24, 2.45) is 11.8 Å². The number of hydrogen-bond donors (Lipinski definition) is 0. The highest BCUT2D eigenvalue weighted by Crippen LogP contribution is 2.33. The summed E-state index contributed by atoms with van der Waals surface area (Å²) in [6, 6.07) is 9.23. The van der Waals surface area contributed by atoms with Crippen molar-refractivity contribution in [3.63, 3.8) is 0 Å². The molecule has 2 unspecified atom stereocenters. The Labute approximate surface area is 142 Å².